The van der Waals surface area contributed by atoms with E-state index in [0.29, 0.717) is 30.2 Å². The van der Waals surface area contributed by atoms with Gasteiger partial charge in [-0.2, -0.15) is 5.10 Å². The predicted octanol–water partition coefficient (Wildman–Crippen LogP) is 1.60. The molecule has 28 heavy (non-hydrogen) atoms. The van der Waals surface area contributed by atoms with Crippen molar-refractivity contribution in [2.45, 2.75) is 18.8 Å². The average Bonchev–Trinajstić information content (AvgIpc) is 3.32. The van der Waals surface area contributed by atoms with Gasteiger partial charge in [0, 0.05) is 19.0 Å². The lowest BCUT2D eigenvalue weighted by molar-refractivity contribution is 0.311. The molecule has 0 aliphatic carbocycles. The number of aromatic nitrogens is 6. The molecular formula is C18H19N7O2S. The van der Waals surface area contributed by atoms with Crippen LogP contribution in [0.25, 0.3) is 22.4 Å². The van der Waals surface area contributed by atoms with E-state index >= 15 is 0 Å². The van der Waals surface area contributed by atoms with Gasteiger partial charge in [0.15, 0.2) is 17.1 Å². The van der Waals surface area contributed by atoms with Gasteiger partial charge < -0.3 is 0 Å². The van der Waals surface area contributed by atoms with E-state index in [-0.39, 0.29) is 5.92 Å². The number of rotatable bonds is 3. The lowest BCUT2D eigenvalue weighted by Gasteiger charge is -2.29. The quantitative estimate of drug-likeness (QED) is 0.521. The lowest BCUT2D eigenvalue weighted by atomic mass is 9.99. The first-order valence-electron chi connectivity index (χ1n) is 9.10. The molecule has 0 amide bonds. The fourth-order valence-corrected chi connectivity index (χ4v) is 4.63. The zero-order chi connectivity index (χ0) is 19.3. The fourth-order valence-electron chi connectivity index (χ4n) is 3.72. The minimum atomic E-state index is -3.21. The molecule has 0 spiro atoms. The second-order valence-electron chi connectivity index (χ2n) is 7.07. The molecule has 9 nitrogen and oxygen atoms in total. The van der Waals surface area contributed by atoms with E-state index < -0.39 is 10.0 Å². The van der Waals surface area contributed by atoms with Gasteiger partial charge in [-0.05, 0) is 25.0 Å². The van der Waals surface area contributed by atoms with Crippen LogP contribution in [0.5, 0.6) is 0 Å². The minimum absolute atomic E-state index is 0.0254. The normalized spacial score (nSPS) is 18.8. The van der Waals surface area contributed by atoms with Crippen LogP contribution < -0.4 is 0 Å². The number of para-hydroxylation sites is 1. The summed E-state index contributed by atoms with van der Waals surface area (Å²) in [6.45, 7) is 0.966. The maximum atomic E-state index is 11.9. The molecule has 1 fully saturated rings. The van der Waals surface area contributed by atoms with Crippen LogP contribution in [0.4, 0.5) is 0 Å². The van der Waals surface area contributed by atoms with Crippen molar-refractivity contribution >= 4 is 26.7 Å². The predicted molar refractivity (Wildman–Crippen MR) is 104 cm³/mol. The standard InChI is InChI=1S/C18H19N7O2S/c1-28(26,27)23-9-5-6-13(11-23)16-21-18-15-10-20-25(14-7-3-2-4-8-14)17(15)19-12-24(18)22-16/h2-4,7-8,10,12-13H,5-6,9,11H2,1H3/t13-/m1/s1. The van der Waals surface area contributed by atoms with Gasteiger partial charge in [-0.25, -0.2) is 31.9 Å². The van der Waals surface area contributed by atoms with E-state index in [9.17, 15) is 8.42 Å². The molecule has 0 saturated carbocycles. The van der Waals surface area contributed by atoms with Crippen molar-refractivity contribution in [2.24, 2.45) is 0 Å². The van der Waals surface area contributed by atoms with Crippen LogP contribution in [0.15, 0.2) is 42.9 Å². The molecule has 5 rings (SSSR count). The smallest absolute Gasteiger partial charge is 0.211 e. The molecule has 10 heteroatoms. The van der Waals surface area contributed by atoms with Crippen LogP contribution in [0.1, 0.15) is 24.6 Å². The molecule has 144 valence electrons. The maximum Gasteiger partial charge on any atom is 0.211 e. The molecule has 1 saturated heterocycles. The van der Waals surface area contributed by atoms with Crippen molar-refractivity contribution < 1.29 is 8.42 Å². The van der Waals surface area contributed by atoms with Crippen molar-refractivity contribution in [3.8, 4) is 5.69 Å². The van der Waals surface area contributed by atoms with E-state index in [0.717, 1.165) is 23.9 Å². The van der Waals surface area contributed by atoms with E-state index in [4.69, 9.17) is 4.98 Å². The van der Waals surface area contributed by atoms with Gasteiger partial charge in [0.2, 0.25) is 10.0 Å². The molecular weight excluding hydrogens is 378 g/mol. The van der Waals surface area contributed by atoms with Crippen molar-refractivity contribution in [3.63, 3.8) is 0 Å². The van der Waals surface area contributed by atoms with Gasteiger partial charge in [-0.15, -0.1) is 5.10 Å². The maximum absolute atomic E-state index is 11.9. The Morgan fingerprint density at radius 3 is 2.75 bits per heavy atom. The third kappa shape index (κ3) is 2.85. The minimum Gasteiger partial charge on any atom is -0.216 e. The number of hydrogen-bond donors (Lipinski definition) is 0. The molecule has 0 unspecified atom stereocenters. The summed E-state index contributed by atoms with van der Waals surface area (Å²) in [5.74, 6) is 0.623. The molecule has 3 aromatic heterocycles. The summed E-state index contributed by atoms with van der Waals surface area (Å²) in [5, 5.41) is 9.84. The van der Waals surface area contributed by atoms with Gasteiger partial charge in [0.05, 0.1) is 23.5 Å². The summed E-state index contributed by atoms with van der Waals surface area (Å²) >= 11 is 0. The number of piperidine rings is 1. The average molecular weight is 397 g/mol. The monoisotopic (exact) mass is 397 g/mol. The molecule has 1 aliphatic heterocycles. The SMILES string of the molecule is CS(=O)(=O)N1CCC[C@@H](c2nc3c4cnn(-c5ccccc5)c4ncn3n2)C1. The molecule has 1 atom stereocenters. The summed E-state index contributed by atoms with van der Waals surface area (Å²) in [5.41, 5.74) is 2.31. The highest BCUT2D eigenvalue weighted by Gasteiger charge is 2.29. The van der Waals surface area contributed by atoms with Crippen LogP contribution in [0.3, 0.4) is 0 Å². The van der Waals surface area contributed by atoms with E-state index in [1.54, 1.807) is 21.7 Å². The molecule has 0 bridgehead atoms. The highest BCUT2D eigenvalue weighted by atomic mass is 32.2. The van der Waals surface area contributed by atoms with Gasteiger partial charge in [-0.3, -0.25) is 0 Å². The van der Waals surface area contributed by atoms with Crippen molar-refractivity contribution in [1.29, 1.82) is 0 Å². The molecule has 1 aromatic carbocycles. The third-order valence-corrected chi connectivity index (χ3v) is 6.41. The second-order valence-corrected chi connectivity index (χ2v) is 9.05. The van der Waals surface area contributed by atoms with Crippen molar-refractivity contribution in [2.75, 3.05) is 19.3 Å². The van der Waals surface area contributed by atoms with E-state index in [2.05, 4.69) is 15.2 Å². The number of fused-ring (bicyclic) bond motifs is 3. The Hall–Kier alpha value is -2.85. The van der Waals surface area contributed by atoms with Gasteiger partial charge in [0.1, 0.15) is 6.33 Å². The first-order chi connectivity index (χ1) is 13.5. The number of hydrogen-bond acceptors (Lipinski definition) is 6. The summed E-state index contributed by atoms with van der Waals surface area (Å²) in [7, 11) is -3.21. The van der Waals surface area contributed by atoms with E-state index in [1.165, 1.54) is 10.6 Å². The molecule has 4 aromatic rings. The van der Waals surface area contributed by atoms with Gasteiger partial charge >= 0.3 is 0 Å². The summed E-state index contributed by atoms with van der Waals surface area (Å²) in [6.07, 6.45) is 6.28. The highest BCUT2D eigenvalue weighted by molar-refractivity contribution is 7.88. The number of nitrogens with zero attached hydrogens (tertiary/aromatic N) is 7. The first kappa shape index (κ1) is 17.3. The summed E-state index contributed by atoms with van der Waals surface area (Å²) < 4.78 is 28.7. The van der Waals surface area contributed by atoms with Crippen LogP contribution in [-0.2, 0) is 10.0 Å². The lowest BCUT2D eigenvalue weighted by Crippen LogP contribution is -2.38. The zero-order valence-electron chi connectivity index (χ0n) is 15.3. The second kappa shape index (κ2) is 6.35. The Balaban J connectivity index is 1.56. The van der Waals surface area contributed by atoms with Crippen LogP contribution >= 0.6 is 0 Å². The third-order valence-electron chi connectivity index (χ3n) is 5.14. The molecule has 0 radical (unpaired) electrons. The number of benzene rings is 1. The van der Waals surface area contributed by atoms with Gasteiger partial charge in [0.25, 0.3) is 0 Å². The zero-order valence-corrected chi connectivity index (χ0v) is 16.1. The molecule has 4 heterocycles. The Labute approximate surface area is 161 Å². The summed E-state index contributed by atoms with van der Waals surface area (Å²) in [6, 6.07) is 9.79. The van der Waals surface area contributed by atoms with Crippen molar-refractivity contribution in [1.82, 2.24) is 33.7 Å². The van der Waals surface area contributed by atoms with E-state index in [1.807, 2.05) is 30.3 Å². The van der Waals surface area contributed by atoms with Crippen molar-refractivity contribution in [3.05, 3.63) is 48.7 Å². The Morgan fingerprint density at radius 1 is 1.14 bits per heavy atom. The van der Waals surface area contributed by atoms with Crippen LogP contribution in [0, 0.1) is 0 Å². The number of sulfonamides is 1. The topological polar surface area (TPSA) is 98.3 Å². The van der Waals surface area contributed by atoms with Gasteiger partial charge in [-0.1, -0.05) is 18.2 Å². The largest absolute Gasteiger partial charge is 0.216 e. The molecule has 0 N–H and O–H groups in total. The highest BCUT2D eigenvalue weighted by Crippen LogP contribution is 2.27. The molecule has 1 aliphatic rings. The Morgan fingerprint density at radius 2 is 1.96 bits per heavy atom. The fraction of sp³-hybridized carbons (Fsp3) is 0.333. The van der Waals surface area contributed by atoms with Crippen LogP contribution in [-0.4, -0.2) is 61.4 Å². The Kier molecular flexibility index (Phi) is 3.91. The van der Waals surface area contributed by atoms with Crippen LogP contribution in [0.2, 0.25) is 0 Å². The first-order valence-corrected chi connectivity index (χ1v) is 10.9. The Bertz CT molecular complexity index is 1260. The summed E-state index contributed by atoms with van der Waals surface area (Å²) in [4.78, 5) is 9.24.